The number of anilines is 1. The average Bonchev–Trinajstić information content (AvgIpc) is 2.71. The number of hydrogen-bond acceptors (Lipinski definition) is 4. The molecule has 1 saturated heterocycles. The van der Waals surface area contributed by atoms with E-state index in [2.05, 4.69) is 48.0 Å². The quantitative estimate of drug-likeness (QED) is 0.811. The fourth-order valence-electron chi connectivity index (χ4n) is 4.60. The van der Waals surface area contributed by atoms with Gasteiger partial charge in [-0.1, -0.05) is 38.8 Å². The van der Waals surface area contributed by atoms with Crippen LogP contribution in [0.3, 0.4) is 0 Å². The number of benzene rings is 1. The van der Waals surface area contributed by atoms with Crippen molar-refractivity contribution in [1.29, 1.82) is 0 Å². The second kappa shape index (κ2) is 9.64. The lowest BCUT2D eigenvalue weighted by molar-refractivity contribution is -0.127. The van der Waals surface area contributed by atoms with Crippen molar-refractivity contribution in [3.63, 3.8) is 0 Å². The summed E-state index contributed by atoms with van der Waals surface area (Å²) in [6.45, 7) is 13.0. The molecule has 3 rings (SSSR count). The second-order valence-electron chi connectivity index (χ2n) is 8.48. The number of carbonyl (C=O) groups is 1. The molecule has 0 spiro atoms. The van der Waals surface area contributed by atoms with Crippen LogP contribution >= 0.6 is 0 Å². The number of nitrogens with one attached hydrogen (secondary N) is 1. The number of hydrogen-bond donors (Lipinski definition) is 1. The van der Waals surface area contributed by atoms with Gasteiger partial charge in [0.2, 0.25) is 5.91 Å². The highest BCUT2D eigenvalue weighted by molar-refractivity contribution is 5.81. The molecule has 1 aliphatic heterocycles. The van der Waals surface area contributed by atoms with Gasteiger partial charge in [-0.05, 0) is 44.2 Å². The normalized spacial score (nSPS) is 27.3. The van der Waals surface area contributed by atoms with Crippen molar-refractivity contribution >= 4 is 11.6 Å². The number of piperazine rings is 1. The third kappa shape index (κ3) is 4.80. The first kappa shape index (κ1) is 21.0. The number of rotatable bonds is 6. The molecule has 0 unspecified atom stereocenters. The van der Waals surface area contributed by atoms with Crippen LogP contribution in [0.15, 0.2) is 24.3 Å². The van der Waals surface area contributed by atoms with Gasteiger partial charge in [0, 0.05) is 32.2 Å². The lowest BCUT2D eigenvalue weighted by Crippen LogP contribution is -2.56. The molecule has 0 aromatic heterocycles. The molecule has 28 heavy (non-hydrogen) atoms. The lowest BCUT2D eigenvalue weighted by Gasteiger charge is -2.40. The summed E-state index contributed by atoms with van der Waals surface area (Å²) in [5.74, 6) is 2.40. The highest BCUT2D eigenvalue weighted by atomic mass is 16.5. The van der Waals surface area contributed by atoms with E-state index in [1.807, 2.05) is 19.1 Å². The summed E-state index contributed by atoms with van der Waals surface area (Å²) in [6.07, 6.45) is 3.63. The molecule has 0 radical (unpaired) electrons. The van der Waals surface area contributed by atoms with Gasteiger partial charge in [0.1, 0.15) is 5.75 Å². The minimum absolute atomic E-state index is 0.0753. The van der Waals surface area contributed by atoms with Crippen LogP contribution in [0.4, 0.5) is 5.69 Å². The molecule has 1 N–H and O–H groups in total. The molecule has 5 heteroatoms. The topological polar surface area (TPSA) is 44.8 Å². The Morgan fingerprint density at radius 3 is 2.61 bits per heavy atom. The SMILES string of the molecule is CCOc1ccccc1N1CCN([C@@H](C)C(=O)N[C@@H]2CCC[C@H](C)[C@@H]2C)CC1. The summed E-state index contributed by atoms with van der Waals surface area (Å²) in [4.78, 5) is 17.6. The Bertz CT molecular complexity index is 642. The third-order valence-corrected chi connectivity index (χ3v) is 6.78. The number of ether oxygens (including phenoxy) is 1. The molecular weight excluding hydrogens is 350 g/mol. The fourth-order valence-corrected chi connectivity index (χ4v) is 4.60. The van der Waals surface area contributed by atoms with E-state index in [1.165, 1.54) is 12.8 Å². The van der Waals surface area contributed by atoms with Crippen LogP contribution in [0.25, 0.3) is 0 Å². The first-order chi connectivity index (χ1) is 13.5. The molecule has 2 aliphatic rings. The number of para-hydroxylation sites is 2. The monoisotopic (exact) mass is 387 g/mol. The molecule has 0 bridgehead atoms. The predicted octanol–water partition coefficient (Wildman–Crippen LogP) is 3.54. The van der Waals surface area contributed by atoms with Crippen molar-refractivity contribution in [1.82, 2.24) is 10.2 Å². The minimum atomic E-state index is -0.0753. The summed E-state index contributed by atoms with van der Waals surface area (Å²) < 4.78 is 5.79. The van der Waals surface area contributed by atoms with E-state index in [1.54, 1.807) is 0 Å². The Morgan fingerprint density at radius 1 is 1.18 bits per heavy atom. The Morgan fingerprint density at radius 2 is 1.89 bits per heavy atom. The molecule has 2 fully saturated rings. The number of nitrogens with zero attached hydrogens (tertiary/aromatic N) is 2. The fraction of sp³-hybridized carbons (Fsp3) is 0.696. The highest BCUT2D eigenvalue weighted by Crippen LogP contribution is 2.30. The van der Waals surface area contributed by atoms with E-state index in [0.29, 0.717) is 24.5 Å². The molecule has 156 valence electrons. The Labute approximate surface area is 170 Å². The maximum atomic E-state index is 12.9. The summed E-state index contributed by atoms with van der Waals surface area (Å²) >= 11 is 0. The van der Waals surface area contributed by atoms with Crippen molar-refractivity contribution in [2.24, 2.45) is 11.8 Å². The van der Waals surface area contributed by atoms with Crippen molar-refractivity contribution in [3.05, 3.63) is 24.3 Å². The minimum Gasteiger partial charge on any atom is -0.492 e. The van der Waals surface area contributed by atoms with E-state index in [-0.39, 0.29) is 11.9 Å². The van der Waals surface area contributed by atoms with E-state index >= 15 is 0 Å². The molecular formula is C23H37N3O2. The largest absolute Gasteiger partial charge is 0.492 e. The first-order valence-electron chi connectivity index (χ1n) is 11.0. The van der Waals surface area contributed by atoms with E-state index in [0.717, 1.165) is 44.0 Å². The van der Waals surface area contributed by atoms with Crippen LogP contribution in [0.1, 0.15) is 47.0 Å². The molecule has 1 heterocycles. The van der Waals surface area contributed by atoms with Crippen LogP contribution in [-0.2, 0) is 4.79 Å². The summed E-state index contributed by atoms with van der Waals surface area (Å²) in [7, 11) is 0. The number of amides is 1. The van der Waals surface area contributed by atoms with Crippen LogP contribution in [0, 0.1) is 11.8 Å². The van der Waals surface area contributed by atoms with Crippen LogP contribution in [0.2, 0.25) is 0 Å². The Hall–Kier alpha value is -1.75. The van der Waals surface area contributed by atoms with Crippen LogP contribution in [0.5, 0.6) is 5.75 Å². The van der Waals surface area contributed by atoms with Gasteiger partial charge in [-0.2, -0.15) is 0 Å². The maximum Gasteiger partial charge on any atom is 0.237 e. The van der Waals surface area contributed by atoms with Crippen molar-refractivity contribution in [2.45, 2.75) is 59.0 Å². The van der Waals surface area contributed by atoms with Crippen molar-refractivity contribution in [2.75, 3.05) is 37.7 Å². The molecule has 5 nitrogen and oxygen atoms in total. The second-order valence-corrected chi connectivity index (χ2v) is 8.48. The zero-order valence-electron chi connectivity index (χ0n) is 18.0. The molecule has 1 aliphatic carbocycles. The highest BCUT2D eigenvalue weighted by Gasteiger charge is 2.31. The molecule has 1 amide bonds. The van der Waals surface area contributed by atoms with E-state index < -0.39 is 0 Å². The Kier molecular flexibility index (Phi) is 7.22. The molecule has 1 aromatic rings. The first-order valence-corrected chi connectivity index (χ1v) is 11.0. The molecule has 1 aromatic carbocycles. The van der Waals surface area contributed by atoms with Crippen LogP contribution < -0.4 is 15.0 Å². The lowest BCUT2D eigenvalue weighted by atomic mass is 9.78. The van der Waals surface area contributed by atoms with Gasteiger partial charge >= 0.3 is 0 Å². The third-order valence-electron chi connectivity index (χ3n) is 6.78. The average molecular weight is 388 g/mol. The van der Waals surface area contributed by atoms with Gasteiger partial charge in [-0.3, -0.25) is 9.69 Å². The zero-order valence-corrected chi connectivity index (χ0v) is 18.0. The zero-order chi connectivity index (χ0) is 20.1. The summed E-state index contributed by atoms with van der Waals surface area (Å²) in [5.41, 5.74) is 1.16. The summed E-state index contributed by atoms with van der Waals surface area (Å²) in [6, 6.07) is 8.50. The summed E-state index contributed by atoms with van der Waals surface area (Å²) in [5, 5.41) is 3.35. The van der Waals surface area contributed by atoms with Gasteiger partial charge in [-0.15, -0.1) is 0 Å². The smallest absolute Gasteiger partial charge is 0.237 e. The maximum absolute atomic E-state index is 12.9. The Balaban J connectivity index is 1.53. The van der Waals surface area contributed by atoms with Gasteiger partial charge in [0.15, 0.2) is 0 Å². The van der Waals surface area contributed by atoms with Gasteiger partial charge < -0.3 is 15.0 Å². The van der Waals surface area contributed by atoms with Gasteiger partial charge in [0.25, 0.3) is 0 Å². The van der Waals surface area contributed by atoms with Crippen molar-refractivity contribution in [3.8, 4) is 5.75 Å². The predicted molar refractivity (Wildman–Crippen MR) is 115 cm³/mol. The standard InChI is InChI=1S/C23H37N3O2/c1-5-28-22-12-7-6-11-21(22)26-15-13-25(14-16-26)19(4)23(27)24-20-10-8-9-17(2)18(20)3/h6-7,11-12,17-20H,5,8-10,13-16H2,1-4H3,(H,24,27)/t17-,18-,19-,20+/m0/s1. The molecule has 1 saturated carbocycles. The van der Waals surface area contributed by atoms with Gasteiger partial charge in [-0.25, -0.2) is 0 Å². The molecule has 4 atom stereocenters. The number of carbonyl (C=O) groups excluding carboxylic acids is 1. The van der Waals surface area contributed by atoms with Crippen LogP contribution in [-0.4, -0.2) is 55.7 Å². The van der Waals surface area contributed by atoms with Crippen molar-refractivity contribution < 1.29 is 9.53 Å². The van der Waals surface area contributed by atoms with E-state index in [4.69, 9.17) is 4.74 Å². The van der Waals surface area contributed by atoms with Gasteiger partial charge in [0.05, 0.1) is 18.3 Å². The van der Waals surface area contributed by atoms with E-state index in [9.17, 15) is 4.79 Å².